The molecule has 0 aliphatic carbocycles. The first kappa shape index (κ1) is 18.6. The van der Waals surface area contributed by atoms with Crippen molar-refractivity contribution in [3.63, 3.8) is 0 Å². The molecule has 0 atom stereocenters. The number of amides is 1. The molecule has 2 aromatic heterocycles. The molecule has 0 saturated heterocycles. The van der Waals surface area contributed by atoms with E-state index in [9.17, 15) is 4.79 Å². The highest BCUT2D eigenvalue weighted by Gasteiger charge is 2.29. The van der Waals surface area contributed by atoms with Crippen molar-refractivity contribution in [3.05, 3.63) is 64.2 Å². The first-order chi connectivity index (χ1) is 13.4. The molecule has 28 heavy (non-hydrogen) atoms. The normalized spacial score (nSPS) is 13.8. The summed E-state index contributed by atoms with van der Waals surface area (Å²) in [5.74, 6) is 0.507. The summed E-state index contributed by atoms with van der Waals surface area (Å²) < 4.78 is 5.45. The maximum Gasteiger partial charge on any atom is 0.259 e. The quantitative estimate of drug-likeness (QED) is 0.702. The Labute approximate surface area is 167 Å². The number of pyridine rings is 1. The second kappa shape index (κ2) is 7.33. The van der Waals surface area contributed by atoms with E-state index >= 15 is 0 Å². The summed E-state index contributed by atoms with van der Waals surface area (Å²) in [5, 5.41) is 10.8. The van der Waals surface area contributed by atoms with Gasteiger partial charge >= 0.3 is 0 Å². The van der Waals surface area contributed by atoms with Crippen LogP contribution in [-0.2, 0) is 18.5 Å². The first-order valence-corrected chi connectivity index (χ1v) is 9.41. The van der Waals surface area contributed by atoms with Crippen molar-refractivity contribution in [1.82, 2.24) is 25.8 Å². The molecular formula is C20H20ClN5O2. The average molecular weight is 398 g/mol. The van der Waals surface area contributed by atoms with Gasteiger partial charge in [0.25, 0.3) is 11.8 Å². The van der Waals surface area contributed by atoms with Crippen LogP contribution in [0.5, 0.6) is 0 Å². The Morgan fingerprint density at radius 3 is 3.00 bits per heavy atom. The van der Waals surface area contributed by atoms with Crippen LogP contribution in [0.1, 0.15) is 41.3 Å². The van der Waals surface area contributed by atoms with Crippen molar-refractivity contribution < 1.29 is 9.32 Å². The molecule has 144 valence electrons. The zero-order valence-electron chi connectivity index (χ0n) is 15.6. The maximum absolute atomic E-state index is 12.6. The third-order valence-electron chi connectivity index (χ3n) is 4.67. The molecule has 1 aliphatic heterocycles. The molecule has 7 nitrogen and oxygen atoms in total. The van der Waals surface area contributed by atoms with Gasteiger partial charge in [-0.3, -0.25) is 9.78 Å². The second-order valence-corrected chi connectivity index (χ2v) is 7.71. The minimum atomic E-state index is -0.827. The zero-order valence-corrected chi connectivity index (χ0v) is 16.4. The van der Waals surface area contributed by atoms with E-state index in [2.05, 4.69) is 25.8 Å². The van der Waals surface area contributed by atoms with Gasteiger partial charge in [0.1, 0.15) is 0 Å². The Kier molecular flexibility index (Phi) is 4.87. The second-order valence-electron chi connectivity index (χ2n) is 7.27. The van der Waals surface area contributed by atoms with Gasteiger partial charge in [-0.25, -0.2) is 0 Å². The van der Waals surface area contributed by atoms with Gasteiger partial charge in [-0.2, -0.15) is 4.98 Å². The minimum absolute atomic E-state index is 0.262. The number of rotatable bonds is 4. The maximum atomic E-state index is 12.6. The summed E-state index contributed by atoms with van der Waals surface area (Å²) in [6.45, 7) is 5.34. The SMILES string of the molecule is CC(C)(NC(=O)c1cccc(Cl)c1)c1noc(-c2cnc3c(c2)CCNC3)n1. The molecular weight excluding hydrogens is 378 g/mol. The molecule has 2 N–H and O–H groups in total. The summed E-state index contributed by atoms with van der Waals surface area (Å²) in [6, 6.07) is 8.81. The Morgan fingerprint density at radius 1 is 1.32 bits per heavy atom. The van der Waals surface area contributed by atoms with E-state index in [1.165, 1.54) is 5.56 Å². The van der Waals surface area contributed by atoms with Crippen molar-refractivity contribution in [3.8, 4) is 11.5 Å². The standard InChI is InChI=1S/C20H20ClN5O2/c1-20(2,25-17(27)13-4-3-5-15(21)9-13)19-24-18(28-26-19)14-8-12-6-7-22-11-16(12)23-10-14/h3-5,8-10,22H,6-7,11H2,1-2H3,(H,25,27). The van der Waals surface area contributed by atoms with E-state index in [0.717, 1.165) is 30.8 Å². The van der Waals surface area contributed by atoms with Gasteiger partial charge in [-0.05, 0) is 56.6 Å². The average Bonchev–Trinajstić information content (AvgIpc) is 3.18. The molecule has 0 saturated carbocycles. The number of benzene rings is 1. The molecule has 8 heteroatoms. The van der Waals surface area contributed by atoms with E-state index in [1.54, 1.807) is 30.5 Å². The number of hydrogen-bond acceptors (Lipinski definition) is 6. The predicted molar refractivity (Wildman–Crippen MR) is 105 cm³/mol. The number of hydrogen-bond donors (Lipinski definition) is 2. The number of nitrogens with one attached hydrogen (secondary N) is 2. The predicted octanol–water partition coefficient (Wildman–Crippen LogP) is 3.10. The van der Waals surface area contributed by atoms with Crippen molar-refractivity contribution in [2.75, 3.05) is 6.54 Å². The third kappa shape index (κ3) is 3.76. The van der Waals surface area contributed by atoms with Crippen molar-refractivity contribution >= 4 is 17.5 Å². The van der Waals surface area contributed by atoms with Crippen LogP contribution in [0.4, 0.5) is 0 Å². The summed E-state index contributed by atoms with van der Waals surface area (Å²) in [5.41, 5.74) is 2.65. The topological polar surface area (TPSA) is 92.9 Å². The van der Waals surface area contributed by atoms with Crippen LogP contribution in [0.25, 0.3) is 11.5 Å². The van der Waals surface area contributed by atoms with Gasteiger partial charge in [-0.15, -0.1) is 0 Å². The number of halogens is 1. The molecule has 0 fully saturated rings. The lowest BCUT2D eigenvalue weighted by Crippen LogP contribution is -2.41. The number of carbonyl (C=O) groups is 1. The van der Waals surface area contributed by atoms with Crippen LogP contribution in [0, 0.1) is 0 Å². The van der Waals surface area contributed by atoms with Gasteiger partial charge in [0.05, 0.1) is 16.8 Å². The number of nitrogens with zero attached hydrogens (tertiary/aromatic N) is 3. The lowest BCUT2D eigenvalue weighted by molar-refractivity contribution is 0.0907. The summed E-state index contributed by atoms with van der Waals surface area (Å²) >= 11 is 5.97. The van der Waals surface area contributed by atoms with Crippen molar-refractivity contribution in [2.24, 2.45) is 0 Å². The van der Waals surface area contributed by atoms with Crippen LogP contribution in [0.3, 0.4) is 0 Å². The van der Waals surface area contributed by atoms with Gasteiger partial charge in [0.15, 0.2) is 5.82 Å². The third-order valence-corrected chi connectivity index (χ3v) is 4.90. The van der Waals surface area contributed by atoms with E-state index in [-0.39, 0.29) is 5.91 Å². The molecule has 1 aliphatic rings. The Balaban J connectivity index is 1.55. The Hall–Kier alpha value is -2.77. The van der Waals surface area contributed by atoms with Crippen molar-refractivity contribution in [2.45, 2.75) is 32.4 Å². The Morgan fingerprint density at radius 2 is 2.18 bits per heavy atom. The highest BCUT2D eigenvalue weighted by Crippen LogP contribution is 2.25. The van der Waals surface area contributed by atoms with Crippen LogP contribution in [0.2, 0.25) is 5.02 Å². The van der Waals surface area contributed by atoms with E-state index < -0.39 is 5.54 Å². The number of carbonyl (C=O) groups excluding carboxylic acids is 1. The molecule has 0 radical (unpaired) electrons. The van der Waals surface area contributed by atoms with Gasteiger partial charge < -0.3 is 15.2 Å². The first-order valence-electron chi connectivity index (χ1n) is 9.03. The smallest absolute Gasteiger partial charge is 0.259 e. The van der Waals surface area contributed by atoms with E-state index in [4.69, 9.17) is 16.1 Å². The molecule has 0 bridgehead atoms. The highest BCUT2D eigenvalue weighted by molar-refractivity contribution is 6.30. The van der Waals surface area contributed by atoms with Gasteiger partial charge in [-0.1, -0.05) is 22.8 Å². The molecule has 0 unspecified atom stereocenters. The Bertz CT molecular complexity index is 1030. The van der Waals surface area contributed by atoms with Crippen LogP contribution in [0.15, 0.2) is 41.1 Å². The lowest BCUT2D eigenvalue weighted by Gasteiger charge is -2.22. The lowest BCUT2D eigenvalue weighted by atomic mass is 10.0. The highest BCUT2D eigenvalue weighted by atomic mass is 35.5. The van der Waals surface area contributed by atoms with Gasteiger partial charge in [0, 0.05) is 23.3 Å². The molecule has 4 rings (SSSR count). The van der Waals surface area contributed by atoms with E-state index in [1.807, 2.05) is 19.9 Å². The largest absolute Gasteiger partial charge is 0.340 e. The summed E-state index contributed by atoms with van der Waals surface area (Å²) in [6.07, 6.45) is 2.65. The van der Waals surface area contributed by atoms with Crippen LogP contribution in [-0.4, -0.2) is 27.6 Å². The monoisotopic (exact) mass is 397 g/mol. The molecule has 3 aromatic rings. The number of aromatic nitrogens is 3. The number of fused-ring (bicyclic) bond motifs is 1. The zero-order chi connectivity index (χ0) is 19.7. The fourth-order valence-electron chi connectivity index (χ4n) is 3.10. The summed E-state index contributed by atoms with van der Waals surface area (Å²) in [7, 11) is 0. The molecule has 1 aromatic carbocycles. The summed E-state index contributed by atoms with van der Waals surface area (Å²) in [4.78, 5) is 21.5. The van der Waals surface area contributed by atoms with Gasteiger partial charge in [0.2, 0.25) is 0 Å². The molecule has 1 amide bonds. The fourth-order valence-corrected chi connectivity index (χ4v) is 3.29. The molecule has 3 heterocycles. The van der Waals surface area contributed by atoms with Crippen LogP contribution < -0.4 is 10.6 Å². The molecule has 0 spiro atoms. The fraction of sp³-hybridized carbons (Fsp3) is 0.300. The van der Waals surface area contributed by atoms with E-state index in [0.29, 0.717) is 22.3 Å². The minimum Gasteiger partial charge on any atom is -0.340 e. The van der Waals surface area contributed by atoms with Crippen LogP contribution >= 0.6 is 11.6 Å². The van der Waals surface area contributed by atoms with Crippen molar-refractivity contribution in [1.29, 1.82) is 0 Å².